The van der Waals surface area contributed by atoms with E-state index in [4.69, 9.17) is 4.74 Å². The molecule has 0 unspecified atom stereocenters. The Morgan fingerprint density at radius 3 is 2.35 bits per heavy atom. The van der Waals surface area contributed by atoms with E-state index in [0.717, 1.165) is 6.42 Å². The molecule has 0 aliphatic carbocycles. The van der Waals surface area contributed by atoms with E-state index < -0.39 is 10.2 Å². The monoisotopic (exact) mass is 383 g/mol. The summed E-state index contributed by atoms with van der Waals surface area (Å²) >= 11 is 0. The Labute approximate surface area is 156 Å². The van der Waals surface area contributed by atoms with Gasteiger partial charge in [-0.15, -0.1) is 0 Å². The van der Waals surface area contributed by atoms with Gasteiger partial charge < -0.3 is 9.64 Å². The summed E-state index contributed by atoms with van der Waals surface area (Å²) < 4.78 is 33.6. The van der Waals surface area contributed by atoms with Crippen molar-refractivity contribution in [1.29, 1.82) is 0 Å². The van der Waals surface area contributed by atoms with Crippen molar-refractivity contribution in [1.82, 2.24) is 13.5 Å². The van der Waals surface area contributed by atoms with Gasteiger partial charge in [0.05, 0.1) is 6.61 Å². The van der Waals surface area contributed by atoms with Crippen molar-refractivity contribution >= 4 is 16.1 Å². The van der Waals surface area contributed by atoms with Gasteiger partial charge in [-0.3, -0.25) is 4.79 Å². The van der Waals surface area contributed by atoms with Gasteiger partial charge in [0, 0.05) is 44.8 Å². The number of hydrogen-bond donors (Lipinski definition) is 0. The van der Waals surface area contributed by atoms with Crippen LogP contribution in [0, 0.1) is 0 Å². The molecule has 7 nitrogen and oxygen atoms in total. The SMILES string of the molecule is CCCOc1cccc(C(=O)N2CCN(S(=O)(=O)N(CC)CC)CC2)c1. The van der Waals surface area contributed by atoms with E-state index in [1.54, 1.807) is 23.1 Å². The number of carbonyl (C=O) groups is 1. The first kappa shape index (κ1) is 20.7. The van der Waals surface area contributed by atoms with E-state index in [9.17, 15) is 13.2 Å². The largest absolute Gasteiger partial charge is 0.494 e. The van der Waals surface area contributed by atoms with E-state index in [0.29, 0.717) is 57.2 Å². The van der Waals surface area contributed by atoms with Gasteiger partial charge in [0.25, 0.3) is 16.1 Å². The highest BCUT2D eigenvalue weighted by Crippen LogP contribution is 2.18. The molecule has 2 rings (SSSR count). The minimum absolute atomic E-state index is 0.0909. The first-order chi connectivity index (χ1) is 12.4. The van der Waals surface area contributed by atoms with Crippen LogP contribution >= 0.6 is 0 Å². The van der Waals surface area contributed by atoms with E-state index in [1.807, 2.05) is 26.8 Å². The zero-order chi connectivity index (χ0) is 19.2. The van der Waals surface area contributed by atoms with Crippen molar-refractivity contribution < 1.29 is 17.9 Å². The van der Waals surface area contributed by atoms with Crippen LogP contribution in [0.15, 0.2) is 24.3 Å². The van der Waals surface area contributed by atoms with Crippen LogP contribution in [0.3, 0.4) is 0 Å². The van der Waals surface area contributed by atoms with Crippen LogP contribution < -0.4 is 4.74 Å². The quantitative estimate of drug-likeness (QED) is 0.687. The average molecular weight is 384 g/mol. The lowest BCUT2D eigenvalue weighted by Crippen LogP contribution is -2.54. The summed E-state index contributed by atoms with van der Waals surface area (Å²) in [5.41, 5.74) is 0.568. The highest BCUT2D eigenvalue weighted by Gasteiger charge is 2.32. The van der Waals surface area contributed by atoms with Crippen LogP contribution in [0.4, 0.5) is 0 Å². The Morgan fingerprint density at radius 1 is 1.12 bits per heavy atom. The highest BCUT2D eigenvalue weighted by atomic mass is 32.2. The van der Waals surface area contributed by atoms with Crippen LogP contribution in [0.5, 0.6) is 5.75 Å². The molecule has 0 spiro atoms. The fourth-order valence-electron chi connectivity index (χ4n) is 2.96. The van der Waals surface area contributed by atoms with E-state index >= 15 is 0 Å². The van der Waals surface area contributed by atoms with Crippen molar-refractivity contribution in [2.45, 2.75) is 27.2 Å². The van der Waals surface area contributed by atoms with Gasteiger partial charge in [-0.2, -0.15) is 17.0 Å². The molecule has 8 heteroatoms. The molecule has 1 aromatic rings. The molecule has 0 radical (unpaired) electrons. The van der Waals surface area contributed by atoms with Gasteiger partial charge in [0.15, 0.2) is 0 Å². The number of benzene rings is 1. The normalized spacial score (nSPS) is 16.1. The van der Waals surface area contributed by atoms with Gasteiger partial charge in [-0.05, 0) is 24.6 Å². The number of amides is 1. The summed E-state index contributed by atoms with van der Waals surface area (Å²) in [6.07, 6.45) is 0.904. The first-order valence-electron chi connectivity index (χ1n) is 9.21. The number of carbonyl (C=O) groups excluding carboxylic acids is 1. The molecule has 1 saturated heterocycles. The lowest BCUT2D eigenvalue weighted by molar-refractivity contribution is 0.0693. The summed E-state index contributed by atoms with van der Waals surface area (Å²) in [4.78, 5) is 14.4. The second-order valence-corrected chi connectivity index (χ2v) is 8.09. The summed E-state index contributed by atoms with van der Waals surface area (Å²) in [5, 5.41) is 0. The molecule has 0 saturated carbocycles. The Balaban J connectivity index is 2.00. The molecule has 0 N–H and O–H groups in total. The molecule has 0 atom stereocenters. The standard InChI is InChI=1S/C18H29N3O4S/c1-4-14-25-17-9-7-8-16(15-17)18(22)19-10-12-21(13-11-19)26(23,24)20(5-2)6-3/h7-9,15H,4-6,10-14H2,1-3H3. The van der Waals surface area contributed by atoms with E-state index in [-0.39, 0.29) is 5.91 Å². The van der Waals surface area contributed by atoms with Crippen LogP contribution in [-0.2, 0) is 10.2 Å². The Kier molecular flexibility index (Phi) is 7.43. The van der Waals surface area contributed by atoms with Gasteiger partial charge in [0.1, 0.15) is 5.75 Å². The Morgan fingerprint density at radius 2 is 1.77 bits per heavy atom. The molecule has 1 aromatic carbocycles. The van der Waals surface area contributed by atoms with Gasteiger partial charge >= 0.3 is 0 Å². The molecule has 1 aliphatic heterocycles. The Hall–Kier alpha value is -1.64. The molecular weight excluding hydrogens is 354 g/mol. The fraction of sp³-hybridized carbons (Fsp3) is 0.611. The third-order valence-corrected chi connectivity index (χ3v) is 6.62. The predicted molar refractivity (Wildman–Crippen MR) is 102 cm³/mol. The smallest absolute Gasteiger partial charge is 0.282 e. The lowest BCUT2D eigenvalue weighted by atomic mass is 10.1. The molecule has 26 heavy (non-hydrogen) atoms. The van der Waals surface area contributed by atoms with Crippen LogP contribution in [0.25, 0.3) is 0 Å². The maximum absolute atomic E-state index is 12.7. The minimum atomic E-state index is -3.45. The number of rotatable bonds is 8. The van der Waals surface area contributed by atoms with Crippen molar-refractivity contribution in [3.05, 3.63) is 29.8 Å². The fourth-order valence-corrected chi connectivity index (χ4v) is 4.56. The molecule has 1 fully saturated rings. The van der Waals surface area contributed by atoms with Gasteiger partial charge in [-0.1, -0.05) is 26.8 Å². The lowest BCUT2D eigenvalue weighted by Gasteiger charge is -2.36. The average Bonchev–Trinajstić information content (AvgIpc) is 2.67. The van der Waals surface area contributed by atoms with E-state index in [2.05, 4.69) is 0 Å². The molecule has 0 aromatic heterocycles. The number of nitrogens with zero attached hydrogens (tertiary/aromatic N) is 3. The topological polar surface area (TPSA) is 70.2 Å². The van der Waals surface area contributed by atoms with Gasteiger partial charge in [-0.25, -0.2) is 0 Å². The number of hydrogen-bond acceptors (Lipinski definition) is 4. The maximum Gasteiger partial charge on any atom is 0.282 e. The molecule has 0 bridgehead atoms. The number of piperazine rings is 1. The van der Waals surface area contributed by atoms with Crippen LogP contribution in [0.2, 0.25) is 0 Å². The summed E-state index contributed by atoms with van der Waals surface area (Å²) in [5.74, 6) is 0.590. The predicted octanol–water partition coefficient (Wildman–Crippen LogP) is 1.82. The Bertz CT molecular complexity index is 696. The number of ether oxygens (including phenoxy) is 1. The van der Waals surface area contributed by atoms with Crippen LogP contribution in [0.1, 0.15) is 37.6 Å². The third kappa shape index (κ3) is 4.75. The minimum Gasteiger partial charge on any atom is -0.494 e. The molecule has 146 valence electrons. The van der Waals surface area contributed by atoms with Crippen LogP contribution in [-0.4, -0.2) is 73.7 Å². The first-order valence-corrected chi connectivity index (χ1v) is 10.6. The van der Waals surface area contributed by atoms with Crippen molar-refractivity contribution in [2.75, 3.05) is 45.9 Å². The summed E-state index contributed by atoms with van der Waals surface area (Å²) in [6, 6.07) is 7.15. The van der Waals surface area contributed by atoms with E-state index in [1.165, 1.54) is 8.61 Å². The zero-order valence-corrected chi connectivity index (χ0v) is 16.7. The zero-order valence-electron chi connectivity index (χ0n) is 15.8. The van der Waals surface area contributed by atoms with Crippen molar-refractivity contribution in [3.63, 3.8) is 0 Å². The van der Waals surface area contributed by atoms with Gasteiger partial charge in [0.2, 0.25) is 0 Å². The van der Waals surface area contributed by atoms with Crippen molar-refractivity contribution in [2.24, 2.45) is 0 Å². The second-order valence-electron chi connectivity index (χ2n) is 6.16. The highest BCUT2D eigenvalue weighted by molar-refractivity contribution is 7.86. The molecule has 1 aliphatic rings. The van der Waals surface area contributed by atoms with Crippen molar-refractivity contribution in [3.8, 4) is 5.75 Å². The third-order valence-electron chi connectivity index (χ3n) is 4.44. The maximum atomic E-state index is 12.7. The second kappa shape index (κ2) is 9.34. The molecular formula is C18H29N3O4S. The molecule has 1 heterocycles. The molecule has 1 amide bonds. The summed E-state index contributed by atoms with van der Waals surface area (Å²) in [6.45, 7) is 8.60. The summed E-state index contributed by atoms with van der Waals surface area (Å²) in [7, 11) is -3.45.